The Morgan fingerprint density at radius 3 is 2.70 bits per heavy atom. The number of fused-ring (bicyclic) bond motifs is 5. The Balaban J connectivity index is 1.76. The molecule has 1 aromatic heterocycles. The fourth-order valence-electron chi connectivity index (χ4n) is 4.61. The predicted octanol–water partition coefficient (Wildman–Crippen LogP) is 3.01. The van der Waals surface area contributed by atoms with Gasteiger partial charge < -0.3 is 20.8 Å². The number of primary amides is 2. The minimum absolute atomic E-state index is 0.207. The third-order valence-corrected chi connectivity index (χ3v) is 6.07. The van der Waals surface area contributed by atoms with Crippen molar-refractivity contribution in [1.82, 2.24) is 4.57 Å². The first-order valence-corrected chi connectivity index (χ1v) is 10.2. The van der Waals surface area contributed by atoms with Crippen LogP contribution in [0.15, 0.2) is 48.0 Å². The van der Waals surface area contributed by atoms with Crippen LogP contribution in [-0.4, -0.2) is 29.1 Å². The summed E-state index contributed by atoms with van der Waals surface area (Å²) in [6, 6.07) is 13.7. The van der Waals surface area contributed by atoms with E-state index in [0.717, 1.165) is 53.6 Å². The number of amides is 2. The molecule has 2 aliphatic heterocycles. The van der Waals surface area contributed by atoms with Gasteiger partial charge in [-0.2, -0.15) is 0 Å². The molecule has 3 heterocycles. The minimum Gasteiger partial charge on any atom is -0.378 e. The molecule has 0 aliphatic carbocycles. The van der Waals surface area contributed by atoms with Gasteiger partial charge in [0.15, 0.2) is 0 Å². The molecule has 2 aliphatic rings. The molecule has 1 saturated heterocycles. The summed E-state index contributed by atoms with van der Waals surface area (Å²) in [5, 5.41) is 0.985. The third kappa shape index (κ3) is 3.09. The molecule has 1 atom stereocenters. The molecule has 1 fully saturated rings. The van der Waals surface area contributed by atoms with Gasteiger partial charge in [0.05, 0.1) is 18.3 Å². The van der Waals surface area contributed by atoms with Gasteiger partial charge in [0.2, 0.25) is 11.8 Å². The molecule has 2 amide bonds. The molecule has 0 saturated carbocycles. The van der Waals surface area contributed by atoms with Gasteiger partial charge in [-0.05, 0) is 54.7 Å². The van der Waals surface area contributed by atoms with Gasteiger partial charge >= 0.3 is 0 Å². The summed E-state index contributed by atoms with van der Waals surface area (Å²) >= 11 is 0. The second-order valence-electron chi connectivity index (χ2n) is 8.01. The molecule has 0 unspecified atom stereocenters. The second-order valence-corrected chi connectivity index (χ2v) is 8.01. The van der Waals surface area contributed by atoms with Crippen molar-refractivity contribution in [3.05, 3.63) is 64.7 Å². The number of hydrogen-bond donors (Lipinski definition) is 2. The van der Waals surface area contributed by atoms with E-state index in [2.05, 4.69) is 16.7 Å². The van der Waals surface area contributed by atoms with Gasteiger partial charge in [0, 0.05) is 34.2 Å². The zero-order chi connectivity index (χ0) is 20.8. The first-order chi connectivity index (χ1) is 14.5. The Bertz CT molecular complexity index is 1220. The average molecular weight is 401 g/mol. The molecule has 5 rings (SSSR count). The molecule has 6 nitrogen and oxygen atoms in total. The summed E-state index contributed by atoms with van der Waals surface area (Å²) in [5.41, 5.74) is 17.2. The number of carbonyl (C=O) groups is 2. The van der Waals surface area contributed by atoms with Crippen molar-refractivity contribution in [1.29, 1.82) is 0 Å². The molecule has 6 heteroatoms. The molecule has 0 spiro atoms. The Kier molecular flexibility index (Phi) is 4.44. The van der Waals surface area contributed by atoms with E-state index < -0.39 is 11.8 Å². The van der Waals surface area contributed by atoms with E-state index in [-0.39, 0.29) is 6.10 Å². The molecule has 152 valence electrons. The maximum atomic E-state index is 12.2. The number of ether oxygens (including phenoxy) is 1. The molecule has 30 heavy (non-hydrogen) atoms. The van der Waals surface area contributed by atoms with Crippen molar-refractivity contribution in [3.63, 3.8) is 0 Å². The number of rotatable bonds is 4. The number of carbonyl (C=O) groups excluding carboxylic acids is 2. The minimum atomic E-state index is -0.480. The highest BCUT2D eigenvalue weighted by molar-refractivity contribution is 6.02. The molecular weight excluding hydrogens is 378 g/mol. The standard InChI is InChI=1S/C24H23N3O3/c25-23(28)17-7-6-14-11-21-22-15(3-1-4-16(22)10-19-5-2-8-30-19)9-18(24(26)29)13-27(21)20(14)12-17/h1,3-4,6-7,9,11-12,19H,2,5,8,10,13H2,(H2,25,28)(H2,26,29)/t19-/m0/s1. The van der Waals surface area contributed by atoms with E-state index in [0.29, 0.717) is 17.7 Å². The zero-order valence-corrected chi connectivity index (χ0v) is 16.6. The Morgan fingerprint density at radius 2 is 1.97 bits per heavy atom. The molecular formula is C24H23N3O3. The highest BCUT2D eigenvalue weighted by Gasteiger charge is 2.25. The van der Waals surface area contributed by atoms with Gasteiger partial charge in [0.1, 0.15) is 0 Å². The maximum Gasteiger partial charge on any atom is 0.248 e. The smallest absolute Gasteiger partial charge is 0.248 e. The van der Waals surface area contributed by atoms with Crippen LogP contribution in [0, 0.1) is 0 Å². The van der Waals surface area contributed by atoms with Crippen LogP contribution in [0.3, 0.4) is 0 Å². The van der Waals surface area contributed by atoms with E-state index in [9.17, 15) is 9.59 Å². The maximum absolute atomic E-state index is 12.2. The molecule has 3 aromatic rings. The van der Waals surface area contributed by atoms with Gasteiger partial charge in [-0.25, -0.2) is 0 Å². The fraction of sp³-hybridized carbons (Fsp3) is 0.250. The van der Waals surface area contributed by atoms with Crippen molar-refractivity contribution in [2.45, 2.75) is 31.9 Å². The van der Waals surface area contributed by atoms with Crippen molar-refractivity contribution >= 4 is 28.8 Å². The lowest BCUT2D eigenvalue weighted by Gasteiger charge is -2.16. The first-order valence-electron chi connectivity index (χ1n) is 10.2. The van der Waals surface area contributed by atoms with Crippen LogP contribution in [0.5, 0.6) is 0 Å². The van der Waals surface area contributed by atoms with E-state index in [1.165, 1.54) is 5.56 Å². The Morgan fingerprint density at radius 1 is 1.10 bits per heavy atom. The molecule has 0 bridgehead atoms. The second kappa shape index (κ2) is 7.15. The number of nitrogens with zero attached hydrogens (tertiary/aromatic N) is 1. The van der Waals surface area contributed by atoms with Gasteiger partial charge in [-0.3, -0.25) is 9.59 Å². The Hall–Kier alpha value is -3.38. The van der Waals surface area contributed by atoms with E-state index in [1.54, 1.807) is 12.1 Å². The largest absolute Gasteiger partial charge is 0.378 e. The number of aromatic nitrogens is 1. The van der Waals surface area contributed by atoms with Crippen LogP contribution in [-0.2, 0) is 22.5 Å². The highest BCUT2D eigenvalue weighted by Crippen LogP contribution is 2.38. The normalized spacial score (nSPS) is 17.9. The average Bonchev–Trinajstić information content (AvgIpc) is 3.31. The number of nitrogens with two attached hydrogens (primary N) is 2. The third-order valence-electron chi connectivity index (χ3n) is 6.07. The van der Waals surface area contributed by atoms with Gasteiger partial charge in [-0.1, -0.05) is 24.3 Å². The molecule has 0 radical (unpaired) electrons. The number of benzene rings is 2. The van der Waals surface area contributed by atoms with E-state index in [4.69, 9.17) is 16.2 Å². The summed E-state index contributed by atoms with van der Waals surface area (Å²) in [6.45, 7) is 1.14. The van der Waals surface area contributed by atoms with Crippen LogP contribution in [0.2, 0.25) is 0 Å². The van der Waals surface area contributed by atoms with Crippen molar-refractivity contribution in [2.24, 2.45) is 11.5 Å². The van der Waals surface area contributed by atoms with Crippen LogP contribution < -0.4 is 11.5 Å². The molecule has 4 N–H and O–H groups in total. The van der Waals surface area contributed by atoms with E-state index >= 15 is 0 Å². The van der Waals surface area contributed by atoms with Crippen LogP contribution >= 0.6 is 0 Å². The quantitative estimate of drug-likeness (QED) is 0.703. The number of hydrogen-bond acceptors (Lipinski definition) is 3. The van der Waals surface area contributed by atoms with Crippen molar-refractivity contribution in [3.8, 4) is 11.3 Å². The summed E-state index contributed by atoms with van der Waals surface area (Å²) < 4.78 is 7.94. The topological polar surface area (TPSA) is 100 Å². The van der Waals surface area contributed by atoms with Crippen molar-refractivity contribution < 1.29 is 14.3 Å². The summed E-state index contributed by atoms with van der Waals surface area (Å²) in [6.07, 6.45) is 5.04. The zero-order valence-electron chi connectivity index (χ0n) is 16.6. The lowest BCUT2D eigenvalue weighted by Crippen LogP contribution is -2.17. The van der Waals surface area contributed by atoms with Gasteiger partial charge in [0.25, 0.3) is 0 Å². The van der Waals surface area contributed by atoms with Crippen molar-refractivity contribution in [2.75, 3.05) is 6.61 Å². The monoisotopic (exact) mass is 401 g/mol. The van der Waals surface area contributed by atoms with Gasteiger partial charge in [-0.15, -0.1) is 0 Å². The summed E-state index contributed by atoms with van der Waals surface area (Å²) in [5.74, 6) is -0.933. The van der Waals surface area contributed by atoms with Crippen LogP contribution in [0.4, 0.5) is 0 Å². The highest BCUT2D eigenvalue weighted by atomic mass is 16.5. The van der Waals surface area contributed by atoms with Crippen LogP contribution in [0.1, 0.15) is 34.3 Å². The molecule has 2 aromatic carbocycles. The van der Waals surface area contributed by atoms with Crippen LogP contribution in [0.25, 0.3) is 28.2 Å². The van der Waals surface area contributed by atoms with E-state index in [1.807, 2.05) is 24.3 Å². The summed E-state index contributed by atoms with van der Waals surface area (Å²) in [7, 11) is 0. The Labute approximate surface area is 174 Å². The first kappa shape index (κ1) is 18.6. The fourth-order valence-corrected chi connectivity index (χ4v) is 4.61. The summed E-state index contributed by atoms with van der Waals surface area (Å²) in [4.78, 5) is 23.9. The SMILES string of the molecule is NC(=O)C1=Cc2cccc(C[C@@H]3CCCO3)c2-c2cc3ccc(C(N)=O)cc3n2C1. The lowest BCUT2D eigenvalue weighted by molar-refractivity contribution is -0.114. The predicted molar refractivity (Wildman–Crippen MR) is 116 cm³/mol. The lowest BCUT2D eigenvalue weighted by atomic mass is 9.93.